The molecule has 1 aromatic carbocycles. The molecule has 1 heterocycles. The fraction of sp³-hybridized carbons (Fsp3) is 0.231. The van der Waals surface area contributed by atoms with Gasteiger partial charge in [0.1, 0.15) is 5.25 Å². The third-order valence-electron chi connectivity index (χ3n) is 2.76. The Balaban J connectivity index is 2.08. The third kappa shape index (κ3) is 4.45. The van der Waals surface area contributed by atoms with E-state index in [-0.39, 0.29) is 23.1 Å². The maximum absolute atomic E-state index is 11.5. The molecule has 1 aromatic rings. The number of phenolic OH excluding ortho intramolecular Hbond substituents is 1. The molecule has 0 aromatic heterocycles. The highest BCUT2D eigenvalue weighted by Gasteiger charge is 2.32. The van der Waals surface area contributed by atoms with Gasteiger partial charge in [0.2, 0.25) is 5.91 Å². The van der Waals surface area contributed by atoms with Crippen molar-refractivity contribution in [2.45, 2.75) is 11.7 Å². The summed E-state index contributed by atoms with van der Waals surface area (Å²) in [5.41, 5.74) is 0.618. The zero-order chi connectivity index (χ0) is 17.0. The first-order valence-electron chi connectivity index (χ1n) is 6.27. The summed E-state index contributed by atoms with van der Waals surface area (Å²) in [4.78, 5) is 22.2. The Morgan fingerprint density at radius 2 is 2.30 bits per heavy atom. The lowest BCUT2D eigenvalue weighted by Gasteiger charge is -2.05. The highest BCUT2D eigenvalue weighted by molar-refractivity contribution is 9.10. The van der Waals surface area contributed by atoms with Crippen LogP contribution in [0.1, 0.15) is 12.0 Å². The highest BCUT2D eigenvalue weighted by atomic mass is 79.9. The van der Waals surface area contributed by atoms with E-state index in [4.69, 9.17) is 9.84 Å². The van der Waals surface area contributed by atoms with E-state index in [1.165, 1.54) is 13.3 Å². The molecule has 10 heteroatoms. The summed E-state index contributed by atoms with van der Waals surface area (Å²) in [7, 11) is 1.43. The molecule has 8 nitrogen and oxygen atoms in total. The van der Waals surface area contributed by atoms with Crippen molar-refractivity contribution in [1.82, 2.24) is 5.32 Å². The molecule has 2 rings (SSSR count). The number of amides is 1. The quantitative estimate of drug-likeness (QED) is 0.508. The van der Waals surface area contributed by atoms with Gasteiger partial charge in [0.15, 0.2) is 16.7 Å². The second-order valence-electron chi connectivity index (χ2n) is 4.40. The molecule has 23 heavy (non-hydrogen) atoms. The molecule has 0 saturated carbocycles. The number of phenols is 1. The van der Waals surface area contributed by atoms with Crippen LogP contribution in [0.4, 0.5) is 0 Å². The lowest BCUT2D eigenvalue weighted by Crippen LogP contribution is -2.26. The van der Waals surface area contributed by atoms with Crippen LogP contribution in [0.25, 0.3) is 0 Å². The van der Waals surface area contributed by atoms with E-state index < -0.39 is 17.1 Å². The Hall–Kier alpha value is -2.07. The number of benzene rings is 1. The van der Waals surface area contributed by atoms with Gasteiger partial charge < -0.3 is 20.3 Å². The Kier molecular flexibility index (Phi) is 5.61. The second kappa shape index (κ2) is 7.47. The van der Waals surface area contributed by atoms with E-state index in [0.29, 0.717) is 10.0 Å². The van der Waals surface area contributed by atoms with Gasteiger partial charge in [0, 0.05) is 0 Å². The SMILES string of the molecule is COc1cc(C=NN=C2NC(=O)C(CC(=O)O)S2)cc(Br)c1O. The number of rotatable bonds is 5. The van der Waals surface area contributed by atoms with Gasteiger partial charge in [0.05, 0.1) is 24.2 Å². The van der Waals surface area contributed by atoms with E-state index in [0.717, 1.165) is 11.8 Å². The van der Waals surface area contributed by atoms with Crippen LogP contribution in [0.3, 0.4) is 0 Å². The third-order valence-corrected chi connectivity index (χ3v) is 4.44. The van der Waals surface area contributed by atoms with E-state index in [2.05, 4.69) is 31.4 Å². The molecule has 0 radical (unpaired) electrons. The smallest absolute Gasteiger partial charge is 0.305 e. The van der Waals surface area contributed by atoms with Crippen molar-refractivity contribution in [2.75, 3.05) is 7.11 Å². The largest absolute Gasteiger partial charge is 0.503 e. The van der Waals surface area contributed by atoms with Crippen LogP contribution in [-0.2, 0) is 9.59 Å². The second-order valence-corrected chi connectivity index (χ2v) is 6.44. The number of nitrogens with zero attached hydrogens (tertiary/aromatic N) is 2. The van der Waals surface area contributed by atoms with Gasteiger partial charge in [-0.3, -0.25) is 9.59 Å². The van der Waals surface area contributed by atoms with E-state index in [1.807, 2.05) is 0 Å². The summed E-state index contributed by atoms with van der Waals surface area (Å²) in [6.07, 6.45) is 1.14. The summed E-state index contributed by atoms with van der Waals surface area (Å²) >= 11 is 4.21. The number of aromatic hydroxyl groups is 1. The molecular formula is C13H12BrN3O5S. The van der Waals surface area contributed by atoms with Crippen molar-refractivity contribution in [2.24, 2.45) is 10.2 Å². The Labute approximate surface area is 143 Å². The van der Waals surface area contributed by atoms with Crippen LogP contribution in [0.5, 0.6) is 11.5 Å². The molecule has 0 aliphatic carbocycles. The van der Waals surface area contributed by atoms with Gasteiger partial charge in [-0.1, -0.05) is 11.8 Å². The lowest BCUT2D eigenvalue weighted by molar-refractivity contribution is -0.138. The first-order valence-corrected chi connectivity index (χ1v) is 7.94. The van der Waals surface area contributed by atoms with Crippen molar-refractivity contribution < 1.29 is 24.5 Å². The number of halogens is 1. The Morgan fingerprint density at radius 1 is 1.57 bits per heavy atom. The van der Waals surface area contributed by atoms with Crippen molar-refractivity contribution in [3.05, 3.63) is 22.2 Å². The normalized spacial score (nSPS) is 19.3. The number of aliphatic carboxylic acids is 1. The molecule has 1 amide bonds. The monoisotopic (exact) mass is 401 g/mol. The molecule has 122 valence electrons. The molecule has 3 N–H and O–H groups in total. The number of ether oxygens (including phenoxy) is 1. The first-order chi connectivity index (χ1) is 10.9. The van der Waals surface area contributed by atoms with Crippen molar-refractivity contribution in [3.63, 3.8) is 0 Å². The van der Waals surface area contributed by atoms with Gasteiger partial charge in [-0.15, -0.1) is 5.10 Å². The minimum absolute atomic E-state index is 0.0221. The van der Waals surface area contributed by atoms with Gasteiger partial charge in [-0.25, -0.2) is 0 Å². The van der Waals surface area contributed by atoms with Crippen LogP contribution < -0.4 is 10.1 Å². The van der Waals surface area contributed by atoms with Crippen molar-refractivity contribution in [1.29, 1.82) is 0 Å². The van der Waals surface area contributed by atoms with E-state index in [9.17, 15) is 14.7 Å². The topological polar surface area (TPSA) is 121 Å². The number of thioether (sulfide) groups is 1. The van der Waals surface area contributed by atoms with Crippen LogP contribution in [0, 0.1) is 0 Å². The van der Waals surface area contributed by atoms with Crippen LogP contribution in [-0.4, -0.2) is 45.8 Å². The average Bonchev–Trinajstić information content (AvgIpc) is 2.82. The van der Waals surface area contributed by atoms with Crippen LogP contribution in [0.2, 0.25) is 0 Å². The van der Waals surface area contributed by atoms with E-state index in [1.54, 1.807) is 12.1 Å². The molecule has 1 atom stereocenters. The molecule has 1 aliphatic rings. The zero-order valence-corrected chi connectivity index (χ0v) is 14.2. The standard InChI is InChI=1S/C13H12BrN3O5S/c1-22-8-3-6(2-7(14)11(8)20)5-15-17-13-16-12(21)9(23-13)4-10(18)19/h2-3,5,9,20H,4H2,1H3,(H,18,19)(H,16,17,21). The minimum Gasteiger partial charge on any atom is -0.503 e. The maximum Gasteiger partial charge on any atom is 0.305 e. The molecule has 1 unspecified atom stereocenters. The summed E-state index contributed by atoms with van der Waals surface area (Å²) in [6, 6.07) is 3.19. The number of hydrogen-bond acceptors (Lipinski definition) is 7. The molecular weight excluding hydrogens is 390 g/mol. The van der Waals surface area contributed by atoms with Gasteiger partial charge in [-0.05, 0) is 33.6 Å². The van der Waals surface area contributed by atoms with Crippen molar-refractivity contribution in [3.8, 4) is 11.5 Å². The van der Waals surface area contributed by atoms with Gasteiger partial charge in [0.25, 0.3) is 0 Å². The Morgan fingerprint density at radius 3 is 2.96 bits per heavy atom. The number of nitrogens with one attached hydrogen (secondary N) is 1. The molecule has 0 bridgehead atoms. The zero-order valence-electron chi connectivity index (χ0n) is 11.8. The molecule has 1 saturated heterocycles. The fourth-order valence-electron chi connectivity index (χ4n) is 1.72. The number of carbonyl (C=O) groups is 2. The number of carboxylic acid groups (broad SMARTS) is 1. The van der Waals surface area contributed by atoms with Gasteiger partial charge in [-0.2, -0.15) is 5.10 Å². The highest BCUT2D eigenvalue weighted by Crippen LogP contribution is 2.34. The summed E-state index contributed by atoms with van der Waals surface area (Å²) in [5.74, 6) is -1.20. The number of amidine groups is 1. The predicted octanol–water partition coefficient (Wildman–Crippen LogP) is 1.56. The number of carbonyl (C=O) groups excluding carboxylic acids is 1. The average molecular weight is 402 g/mol. The predicted molar refractivity (Wildman–Crippen MR) is 89.2 cm³/mol. The first kappa shape index (κ1) is 17.3. The summed E-state index contributed by atoms with van der Waals surface area (Å²) < 4.78 is 5.46. The van der Waals surface area contributed by atoms with Gasteiger partial charge >= 0.3 is 5.97 Å². The molecule has 1 aliphatic heterocycles. The fourth-order valence-corrected chi connectivity index (χ4v) is 3.09. The number of hydrogen-bond donors (Lipinski definition) is 3. The molecule has 0 spiro atoms. The van der Waals surface area contributed by atoms with Crippen LogP contribution >= 0.6 is 27.7 Å². The van der Waals surface area contributed by atoms with Crippen molar-refractivity contribution >= 4 is 51.0 Å². The maximum atomic E-state index is 11.5. The minimum atomic E-state index is -1.05. The van der Waals surface area contributed by atoms with E-state index >= 15 is 0 Å². The summed E-state index contributed by atoms with van der Waals surface area (Å²) in [5, 5.41) is 28.1. The summed E-state index contributed by atoms with van der Waals surface area (Å²) in [6.45, 7) is 0. The number of methoxy groups -OCH3 is 1. The lowest BCUT2D eigenvalue weighted by atomic mass is 10.2. The van der Waals surface area contributed by atoms with Crippen LogP contribution in [0.15, 0.2) is 26.8 Å². The molecule has 1 fully saturated rings. The number of carboxylic acids is 1. The Bertz CT molecular complexity index is 707.